The highest BCUT2D eigenvalue weighted by molar-refractivity contribution is 5.93. The van der Waals surface area contributed by atoms with Gasteiger partial charge in [0.05, 0.1) is 17.9 Å². The number of carboxylic acid groups (broad SMARTS) is 1. The van der Waals surface area contributed by atoms with Gasteiger partial charge < -0.3 is 24.1 Å². The van der Waals surface area contributed by atoms with E-state index in [0.29, 0.717) is 43.9 Å². The van der Waals surface area contributed by atoms with E-state index in [1.807, 2.05) is 13.8 Å². The summed E-state index contributed by atoms with van der Waals surface area (Å²) in [5.41, 5.74) is 0.855. The first-order chi connectivity index (χ1) is 18.8. The van der Waals surface area contributed by atoms with E-state index in [2.05, 4.69) is 15.3 Å². The first kappa shape index (κ1) is 28.2. The molecule has 1 saturated heterocycles. The van der Waals surface area contributed by atoms with Crippen LogP contribution in [0.1, 0.15) is 61.0 Å². The lowest BCUT2D eigenvalue weighted by molar-refractivity contribution is 0.0453. The number of para-hydroxylation sites is 1. The average Bonchev–Trinajstić information content (AvgIpc) is 3.60. The molecule has 1 fully saturated rings. The van der Waals surface area contributed by atoms with E-state index in [-0.39, 0.29) is 42.2 Å². The van der Waals surface area contributed by atoms with Gasteiger partial charge in [-0.15, -0.1) is 5.10 Å². The zero-order valence-corrected chi connectivity index (χ0v) is 22.5. The molecule has 11 nitrogen and oxygen atoms in total. The summed E-state index contributed by atoms with van der Waals surface area (Å²) in [4.78, 5) is 33.2. The van der Waals surface area contributed by atoms with Crippen molar-refractivity contribution in [3.05, 3.63) is 59.8 Å². The van der Waals surface area contributed by atoms with Crippen LogP contribution in [-0.2, 0) is 11.2 Å². The summed E-state index contributed by atoms with van der Waals surface area (Å²) in [6, 6.07) is 5.79. The summed E-state index contributed by atoms with van der Waals surface area (Å²) in [5.74, 6) is -0.413. The van der Waals surface area contributed by atoms with Gasteiger partial charge in [0.1, 0.15) is 17.3 Å². The zero-order valence-electron chi connectivity index (χ0n) is 22.5. The van der Waals surface area contributed by atoms with E-state index in [9.17, 15) is 19.1 Å². The third-order valence-corrected chi connectivity index (χ3v) is 6.87. The maximum Gasteiger partial charge on any atom is 0.407 e. The van der Waals surface area contributed by atoms with Gasteiger partial charge in [0.25, 0.3) is 5.91 Å². The van der Waals surface area contributed by atoms with Crippen molar-refractivity contribution >= 4 is 12.0 Å². The predicted octanol–water partition coefficient (Wildman–Crippen LogP) is 4.00. The minimum Gasteiger partial charge on any atom is -0.465 e. The minimum atomic E-state index is -1.06. The predicted molar refractivity (Wildman–Crippen MR) is 139 cm³/mol. The molecule has 3 aromatic rings. The molecule has 2 atom stereocenters. The molecule has 12 heteroatoms. The topological polar surface area (TPSA) is 127 Å². The van der Waals surface area contributed by atoms with Crippen LogP contribution in [-0.4, -0.2) is 86.3 Å². The molecule has 0 unspecified atom stereocenters. The number of piperidine rings is 1. The molecule has 0 aliphatic carbocycles. The lowest BCUT2D eigenvalue weighted by Crippen LogP contribution is -2.54. The molecular formula is C27H35FN6O5. The van der Waals surface area contributed by atoms with Gasteiger partial charge in [-0.25, -0.2) is 18.9 Å². The number of carbonyl (C=O) groups is 2. The molecule has 1 aliphatic rings. The van der Waals surface area contributed by atoms with E-state index < -0.39 is 18.0 Å². The monoisotopic (exact) mass is 542 g/mol. The van der Waals surface area contributed by atoms with Crippen molar-refractivity contribution in [2.75, 3.05) is 33.4 Å². The van der Waals surface area contributed by atoms with Crippen LogP contribution in [0.5, 0.6) is 0 Å². The molecule has 4 rings (SSSR count). The average molecular weight is 543 g/mol. The maximum absolute atomic E-state index is 14.7. The number of halogens is 1. The lowest BCUT2D eigenvalue weighted by Gasteiger charge is -2.41. The van der Waals surface area contributed by atoms with Gasteiger partial charge in [-0.2, -0.15) is 0 Å². The minimum absolute atomic E-state index is 0.102. The quantitative estimate of drug-likeness (QED) is 0.360. The Bertz CT molecular complexity index is 1250. The second-order valence-corrected chi connectivity index (χ2v) is 10.2. The largest absolute Gasteiger partial charge is 0.465 e. The normalized spacial score (nSPS) is 17.5. The molecule has 0 bridgehead atoms. The summed E-state index contributed by atoms with van der Waals surface area (Å²) in [6.07, 6.45) is 4.21. The molecule has 1 aliphatic heterocycles. The smallest absolute Gasteiger partial charge is 0.407 e. The number of methoxy groups -OCH3 is 1. The highest BCUT2D eigenvalue weighted by Crippen LogP contribution is 2.31. The van der Waals surface area contributed by atoms with Gasteiger partial charge in [-0.3, -0.25) is 4.79 Å². The van der Waals surface area contributed by atoms with Crippen LogP contribution < -0.4 is 0 Å². The third kappa shape index (κ3) is 6.62. The molecule has 2 amide bonds. The van der Waals surface area contributed by atoms with E-state index in [0.717, 1.165) is 6.42 Å². The molecule has 0 spiro atoms. The summed E-state index contributed by atoms with van der Waals surface area (Å²) >= 11 is 0. The molecule has 210 valence electrons. The SMILES string of the molecule is COCCCCc1c(C(=O)N(CC(C)C)[C@H]2C[C@@H](c3cnco3)CN(C(=O)O)C2)nnn1-c1ccccc1F. The van der Waals surface area contributed by atoms with Crippen molar-refractivity contribution in [3.8, 4) is 5.69 Å². The molecule has 0 radical (unpaired) electrons. The Kier molecular flexibility index (Phi) is 9.28. The van der Waals surface area contributed by atoms with Crippen LogP contribution in [0.2, 0.25) is 0 Å². The highest BCUT2D eigenvalue weighted by Gasteiger charge is 2.39. The van der Waals surface area contributed by atoms with Crippen molar-refractivity contribution in [2.24, 2.45) is 5.92 Å². The second kappa shape index (κ2) is 12.8. The summed E-state index contributed by atoms with van der Waals surface area (Å²) in [7, 11) is 1.63. The molecule has 1 aromatic carbocycles. The van der Waals surface area contributed by atoms with Crippen LogP contribution in [0.15, 0.2) is 41.3 Å². The summed E-state index contributed by atoms with van der Waals surface area (Å²) < 4.78 is 26.8. The number of oxazole rings is 1. The van der Waals surface area contributed by atoms with Crippen molar-refractivity contribution < 1.29 is 28.2 Å². The van der Waals surface area contributed by atoms with Crippen molar-refractivity contribution in [1.29, 1.82) is 0 Å². The number of rotatable bonds is 11. The number of nitrogens with zero attached hydrogens (tertiary/aromatic N) is 6. The Hall–Kier alpha value is -3.80. The fourth-order valence-corrected chi connectivity index (χ4v) is 5.06. The molecule has 0 saturated carbocycles. The number of unbranched alkanes of at least 4 members (excludes halogenated alkanes) is 1. The molecule has 1 N–H and O–H groups in total. The fourth-order valence-electron chi connectivity index (χ4n) is 5.06. The number of likely N-dealkylation sites (tertiary alicyclic amines) is 1. The van der Waals surface area contributed by atoms with Gasteiger partial charge in [-0.05, 0) is 43.7 Å². The van der Waals surface area contributed by atoms with E-state index in [1.165, 1.54) is 22.0 Å². The van der Waals surface area contributed by atoms with Gasteiger partial charge in [0, 0.05) is 39.3 Å². The second-order valence-electron chi connectivity index (χ2n) is 10.2. The van der Waals surface area contributed by atoms with E-state index >= 15 is 0 Å². The van der Waals surface area contributed by atoms with Gasteiger partial charge in [-0.1, -0.05) is 31.2 Å². The molecule has 39 heavy (non-hydrogen) atoms. The standard InChI is InChI=1S/C27H35FN6O5/c1-18(2)14-33(20-12-19(24-13-29-17-39-24)15-32(16-20)27(36)37)26(35)25-23(10-6-7-11-38-3)34(31-30-25)22-9-5-4-8-21(22)28/h4-5,8-9,13,17-20H,6-7,10-12,14-16H2,1-3H3,(H,36,37)/t19-,20+/m1/s1. The maximum atomic E-state index is 14.7. The number of hydrogen-bond donors (Lipinski definition) is 1. The van der Waals surface area contributed by atoms with Gasteiger partial charge in [0.2, 0.25) is 0 Å². The van der Waals surface area contributed by atoms with Gasteiger partial charge in [0.15, 0.2) is 12.1 Å². The number of carbonyl (C=O) groups excluding carboxylic acids is 1. The first-order valence-electron chi connectivity index (χ1n) is 13.2. The summed E-state index contributed by atoms with van der Waals surface area (Å²) in [5, 5.41) is 18.3. The van der Waals surface area contributed by atoms with Crippen molar-refractivity contribution in [2.45, 2.75) is 51.5 Å². The molecular weight excluding hydrogens is 507 g/mol. The van der Waals surface area contributed by atoms with E-state index in [1.54, 1.807) is 36.4 Å². The Morgan fingerprint density at radius 2 is 2.05 bits per heavy atom. The number of amides is 2. The number of benzene rings is 1. The Labute approximate surface area is 226 Å². The van der Waals surface area contributed by atoms with E-state index in [4.69, 9.17) is 9.15 Å². The summed E-state index contributed by atoms with van der Waals surface area (Å²) in [6.45, 7) is 5.33. The van der Waals surface area contributed by atoms with Crippen LogP contribution in [0, 0.1) is 11.7 Å². The number of ether oxygens (including phenoxy) is 1. The molecule has 3 heterocycles. The highest BCUT2D eigenvalue weighted by atomic mass is 19.1. The molecule has 2 aromatic heterocycles. The Morgan fingerprint density at radius 3 is 2.72 bits per heavy atom. The van der Waals surface area contributed by atoms with Crippen LogP contribution in [0.4, 0.5) is 9.18 Å². The first-order valence-corrected chi connectivity index (χ1v) is 13.2. The van der Waals surface area contributed by atoms with Crippen LogP contribution >= 0.6 is 0 Å². The Morgan fingerprint density at radius 1 is 1.26 bits per heavy atom. The third-order valence-electron chi connectivity index (χ3n) is 6.87. The van der Waals surface area contributed by atoms with Crippen molar-refractivity contribution in [1.82, 2.24) is 29.8 Å². The van der Waals surface area contributed by atoms with Crippen molar-refractivity contribution in [3.63, 3.8) is 0 Å². The number of aromatic nitrogens is 4. The van der Waals surface area contributed by atoms with Crippen LogP contribution in [0.25, 0.3) is 5.69 Å². The lowest BCUT2D eigenvalue weighted by atomic mass is 9.91. The number of hydrogen-bond acceptors (Lipinski definition) is 7. The Balaban J connectivity index is 1.70. The fraction of sp³-hybridized carbons (Fsp3) is 0.519. The zero-order chi connectivity index (χ0) is 27.9. The van der Waals surface area contributed by atoms with Gasteiger partial charge >= 0.3 is 6.09 Å². The van der Waals surface area contributed by atoms with Crippen LogP contribution in [0.3, 0.4) is 0 Å².